The number of hydrogen-bond donors (Lipinski definition) is 0. The average Bonchev–Trinajstić information content (AvgIpc) is 3.29. The molecule has 0 nitrogen and oxygen atoms in total. The van der Waals surface area contributed by atoms with Gasteiger partial charge in [0.05, 0.1) is 0 Å². The highest BCUT2D eigenvalue weighted by Gasteiger charge is 2.70. The van der Waals surface area contributed by atoms with Crippen molar-refractivity contribution < 1.29 is 0 Å². The predicted molar refractivity (Wildman–Crippen MR) is 78.8 cm³/mol. The minimum absolute atomic E-state index is 1.21. The zero-order valence-corrected chi connectivity index (χ0v) is 12.6. The summed E-state index contributed by atoms with van der Waals surface area (Å²) in [6, 6.07) is 0. The summed E-state index contributed by atoms with van der Waals surface area (Å²) in [6.45, 7) is 0. The van der Waals surface area contributed by atoms with E-state index >= 15 is 0 Å². The predicted octanol–water partition coefficient (Wildman–Crippen LogP) is 4.60. The van der Waals surface area contributed by atoms with Crippen molar-refractivity contribution in [1.82, 2.24) is 0 Å². The van der Waals surface area contributed by atoms with Gasteiger partial charge in [-0.1, -0.05) is 0 Å². The normalized spacial score (nSPS) is 73.8. The average molecular weight is 268 g/mol. The molecule has 0 aromatic carbocycles. The van der Waals surface area contributed by atoms with Crippen LogP contribution >= 0.6 is 0 Å². The van der Waals surface area contributed by atoms with Crippen molar-refractivity contribution in [3.8, 4) is 0 Å². The van der Waals surface area contributed by atoms with E-state index in [4.69, 9.17) is 0 Å². The first kappa shape index (κ1) is 10.7. The molecule has 8 aliphatic carbocycles. The van der Waals surface area contributed by atoms with E-state index in [1.165, 1.54) is 71.0 Å². The van der Waals surface area contributed by atoms with E-state index in [1.54, 1.807) is 51.4 Å². The molecule has 0 heterocycles. The van der Waals surface area contributed by atoms with E-state index in [-0.39, 0.29) is 0 Å². The highest BCUT2D eigenvalue weighted by molar-refractivity contribution is 5.18. The maximum Gasteiger partial charge on any atom is -0.0318 e. The van der Waals surface area contributed by atoms with Crippen LogP contribution in [0.5, 0.6) is 0 Å². The second-order valence-electron chi connectivity index (χ2n) is 10.2. The van der Waals surface area contributed by atoms with Gasteiger partial charge in [0.1, 0.15) is 0 Å². The van der Waals surface area contributed by atoms with Crippen LogP contribution < -0.4 is 0 Å². The highest BCUT2D eigenvalue weighted by atomic mass is 14.7. The van der Waals surface area contributed by atoms with E-state index in [0.29, 0.717) is 0 Å². The van der Waals surface area contributed by atoms with Crippen molar-refractivity contribution in [2.75, 3.05) is 0 Å². The van der Waals surface area contributed by atoms with Gasteiger partial charge in [0.15, 0.2) is 0 Å². The zero-order valence-electron chi connectivity index (χ0n) is 12.6. The smallest absolute Gasteiger partial charge is 0.0318 e. The summed E-state index contributed by atoms with van der Waals surface area (Å²) in [5, 5.41) is 0. The first-order chi connectivity index (χ1) is 9.88. The molecule has 2 bridgehead atoms. The lowest BCUT2D eigenvalue weighted by molar-refractivity contribution is 0.122. The molecule has 8 aliphatic rings. The van der Waals surface area contributed by atoms with E-state index < -0.39 is 0 Å². The lowest BCUT2D eigenvalue weighted by Gasteiger charge is -2.36. The van der Waals surface area contributed by atoms with Crippen LogP contribution in [-0.4, -0.2) is 0 Å². The third-order valence-corrected chi connectivity index (χ3v) is 9.69. The van der Waals surface area contributed by atoms with E-state index in [9.17, 15) is 0 Å². The van der Waals surface area contributed by atoms with Gasteiger partial charge in [-0.2, -0.15) is 0 Å². The van der Waals surface area contributed by atoms with Gasteiger partial charge in [-0.15, -0.1) is 0 Å². The first-order valence-corrected chi connectivity index (χ1v) is 9.88. The lowest BCUT2D eigenvalue weighted by atomic mass is 9.69. The Hall–Kier alpha value is 0. The Balaban J connectivity index is 1.03. The summed E-state index contributed by atoms with van der Waals surface area (Å²) in [4.78, 5) is 0. The van der Waals surface area contributed by atoms with Crippen LogP contribution in [0.15, 0.2) is 0 Å². The van der Waals surface area contributed by atoms with Crippen LogP contribution in [0, 0.1) is 71.0 Å². The second-order valence-corrected chi connectivity index (χ2v) is 10.2. The lowest BCUT2D eigenvalue weighted by Crippen LogP contribution is -2.30. The Labute approximate surface area is 123 Å². The summed E-state index contributed by atoms with van der Waals surface area (Å²) in [5.74, 6) is 14.8. The van der Waals surface area contributed by atoms with Gasteiger partial charge < -0.3 is 0 Å². The molecule has 8 fully saturated rings. The molecule has 8 rings (SSSR count). The molecule has 0 spiro atoms. The largest absolute Gasteiger partial charge is 0.0499 e. The van der Waals surface area contributed by atoms with Crippen molar-refractivity contribution in [2.24, 2.45) is 71.0 Å². The summed E-state index contributed by atoms with van der Waals surface area (Å²) in [7, 11) is 0. The zero-order chi connectivity index (χ0) is 12.6. The fourth-order valence-electron chi connectivity index (χ4n) is 8.82. The van der Waals surface area contributed by atoms with Gasteiger partial charge >= 0.3 is 0 Å². The molecule has 0 amide bonds. The molecule has 0 N–H and O–H groups in total. The van der Waals surface area contributed by atoms with Crippen molar-refractivity contribution in [3.63, 3.8) is 0 Å². The first-order valence-electron chi connectivity index (χ1n) is 9.88. The highest BCUT2D eigenvalue weighted by Crippen LogP contribution is 2.77. The molecule has 108 valence electrons. The van der Waals surface area contributed by atoms with Crippen LogP contribution in [0.3, 0.4) is 0 Å². The monoisotopic (exact) mass is 268 g/mol. The van der Waals surface area contributed by atoms with Gasteiger partial charge in [-0.25, -0.2) is 0 Å². The Morgan fingerprint density at radius 3 is 2.20 bits per heavy atom. The Morgan fingerprint density at radius 2 is 1.35 bits per heavy atom. The minimum Gasteiger partial charge on any atom is -0.0499 e. The second kappa shape index (κ2) is 3.18. The fraction of sp³-hybridized carbons (Fsp3) is 1.00. The Kier molecular flexibility index (Phi) is 1.70. The maximum absolute atomic E-state index is 1.69. The molecule has 0 saturated heterocycles. The van der Waals surface area contributed by atoms with Gasteiger partial charge in [-0.05, 0) is 122 Å². The maximum atomic E-state index is 1.69. The molecular formula is C20H28. The van der Waals surface area contributed by atoms with Crippen LogP contribution in [-0.2, 0) is 0 Å². The van der Waals surface area contributed by atoms with Crippen molar-refractivity contribution >= 4 is 0 Å². The topological polar surface area (TPSA) is 0 Å². The summed E-state index contributed by atoms with van der Waals surface area (Å²) >= 11 is 0. The molecule has 11 atom stereocenters. The SMILES string of the molecule is C1CC2CC1C2C1CC1CC1C2C[C@H]3CC4CC4C3C12. The third-order valence-electron chi connectivity index (χ3n) is 9.69. The number of hydrogen-bond acceptors (Lipinski definition) is 0. The summed E-state index contributed by atoms with van der Waals surface area (Å²) in [5.41, 5.74) is 0. The molecule has 0 aromatic rings. The number of fused-ring (bicyclic) bond motifs is 6. The van der Waals surface area contributed by atoms with Gasteiger partial charge in [0.2, 0.25) is 0 Å². The molecule has 10 unspecified atom stereocenters. The van der Waals surface area contributed by atoms with Crippen LogP contribution in [0.25, 0.3) is 0 Å². The van der Waals surface area contributed by atoms with Crippen molar-refractivity contribution in [1.29, 1.82) is 0 Å². The van der Waals surface area contributed by atoms with Crippen molar-refractivity contribution in [3.05, 3.63) is 0 Å². The molecule has 0 heteroatoms. The van der Waals surface area contributed by atoms with Gasteiger partial charge in [-0.3, -0.25) is 0 Å². The minimum atomic E-state index is 1.21. The van der Waals surface area contributed by atoms with Crippen LogP contribution in [0.1, 0.15) is 51.4 Å². The van der Waals surface area contributed by atoms with E-state index in [0.717, 1.165) is 0 Å². The Bertz CT molecular complexity index is 466. The number of rotatable bonds is 3. The third kappa shape index (κ3) is 1.16. The van der Waals surface area contributed by atoms with Crippen molar-refractivity contribution in [2.45, 2.75) is 51.4 Å². The molecule has 20 heavy (non-hydrogen) atoms. The molecule has 0 radical (unpaired) electrons. The van der Waals surface area contributed by atoms with Crippen LogP contribution in [0.4, 0.5) is 0 Å². The molecule has 0 aromatic heterocycles. The molecule has 0 aliphatic heterocycles. The van der Waals surface area contributed by atoms with E-state index in [2.05, 4.69) is 0 Å². The van der Waals surface area contributed by atoms with Gasteiger partial charge in [0, 0.05) is 0 Å². The summed E-state index contributed by atoms with van der Waals surface area (Å²) in [6.07, 6.45) is 13.2. The van der Waals surface area contributed by atoms with Crippen LogP contribution in [0.2, 0.25) is 0 Å². The quantitative estimate of drug-likeness (QED) is 0.702. The van der Waals surface area contributed by atoms with Gasteiger partial charge in [0.25, 0.3) is 0 Å². The van der Waals surface area contributed by atoms with E-state index in [1.807, 2.05) is 0 Å². The Morgan fingerprint density at radius 1 is 0.550 bits per heavy atom. The standard InChI is InChI=1S/C20H28/c1-2-10-3-9(1)18(10)14-6-12(14)7-16-17-8-13-4-11-5-15(11)19(13)20(16)17/h9-20H,1-8H2/t9?,10?,11?,12?,13-,14?,15?,16?,17?,18?,19?,20?/m1/s1. The fourth-order valence-corrected chi connectivity index (χ4v) is 8.82. The molecular weight excluding hydrogens is 240 g/mol. The summed E-state index contributed by atoms with van der Waals surface area (Å²) < 4.78 is 0. The molecule has 8 saturated carbocycles.